The number of para-hydroxylation sites is 1. The molecule has 0 unspecified atom stereocenters. The molecule has 0 fully saturated rings. The van der Waals surface area contributed by atoms with Crippen molar-refractivity contribution in [3.05, 3.63) is 54.1 Å². The van der Waals surface area contributed by atoms with Gasteiger partial charge in [0.25, 0.3) is 0 Å². The maximum atomic E-state index is 12.4. The number of rotatable bonds is 4. The number of benzene rings is 2. The fourth-order valence-electron chi connectivity index (χ4n) is 2.23. The molecule has 0 saturated carbocycles. The molecule has 0 aliphatic carbocycles. The maximum Gasteiger partial charge on any atom is 0.242 e. The molecule has 0 bridgehead atoms. The topological polar surface area (TPSA) is 76.9 Å². The molecule has 0 saturated heterocycles. The highest BCUT2D eigenvalue weighted by atomic mass is 32.2. The van der Waals surface area contributed by atoms with E-state index < -0.39 is 16.2 Å². The van der Waals surface area contributed by atoms with Gasteiger partial charge in [-0.05, 0) is 38.1 Å². The Morgan fingerprint density at radius 3 is 2.50 bits per heavy atom. The second-order valence-electron chi connectivity index (χ2n) is 5.13. The first-order chi connectivity index (χ1) is 10.5. The van der Waals surface area contributed by atoms with Crippen molar-refractivity contribution >= 4 is 21.1 Å². The van der Waals surface area contributed by atoms with Crippen molar-refractivity contribution in [3.63, 3.8) is 0 Å². The van der Waals surface area contributed by atoms with Gasteiger partial charge in [-0.25, -0.2) is 13.1 Å². The lowest BCUT2D eigenvalue weighted by Gasteiger charge is -2.15. The monoisotopic (exact) mass is 316 g/mol. The second kappa shape index (κ2) is 5.51. The molecule has 3 aromatic rings. The molecular weight excluding hydrogens is 300 g/mol. The molecule has 0 aliphatic heterocycles. The third-order valence-corrected chi connectivity index (χ3v) is 4.95. The highest BCUT2D eigenvalue weighted by Crippen LogP contribution is 2.17. The largest absolute Gasteiger partial charge is 0.242 e. The van der Waals surface area contributed by atoms with Crippen molar-refractivity contribution in [2.75, 3.05) is 0 Å². The molecule has 7 heteroatoms. The number of sulfonamides is 1. The Hall–Kier alpha value is -2.25. The van der Waals surface area contributed by atoms with E-state index in [1.165, 1.54) is 0 Å². The molecule has 1 N–H and O–H groups in total. The summed E-state index contributed by atoms with van der Waals surface area (Å²) >= 11 is 0. The van der Waals surface area contributed by atoms with Crippen LogP contribution in [0.2, 0.25) is 0 Å². The van der Waals surface area contributed by atoms with Gasteiger partial charge < -0.3 is 0 Å². The third kappa shape index (κ3) is 2.72. The summed E-state index contributed by atoms with van der Waals surface area (Å²) in [7, 11) is -3.61. The highest BCUT2D eigenvalue weighted by molar-refractivity contribution is 7.89. The minimum absolute atomic E-state index is 0.231. The Labute approximate surface area is 128 Å². The first-order valence-corrected chi connectivity index (χ1v) is 8.34. The SMILES string of the molecule is Cc1ccc(S(=O)(=O)N[C@@H](C)n2nnc3ccccc32)cc1. The zero-order valence-corrected chi connectivity index (χ0v) is 13.1. The number of nitrogens with one attached hydrogen (secondary N) is 1. The van der Waals surface area contributed by atoms with Gasteiger partial charge in [-0.3, -0.25) is 0 Å². The molecule has 6 nitrogen and oxygen atoms in total. The summed E-state index contributed by atoms with van der Waals surface area (Å²) < 4.78 is 29.0. The predicted octanol–water partition coefficient (Wildman–Crippen LogP) is 2.24. The van der Waals surface area contributed by atoms with Crippen LogP contribution in [-0.2, 0) is 10.0 Å². The standard InChI is InChI=1S/C15H16N4O2S/c1-11-7-9-13(10-8-11)22(20,21)17-12(2)19-15-6-4-3-5-14(15)16-18-19/h3-10,12,17H,1-2H3/t12-/m1/s1. The molecule has 0 spiro atoms. The smallest absolute Gasteiger partial charge is 0.227 e. The average Bonchev–Trinajstić information content (AvgIpc) is 2.91. The van der Waals surface area contributed by atoms with Gasteiger partial charge in [0.2, 0.25) is 10.0 Å². The van der Waals surface area contributed by atoms with E-state index in [2.05, 4.69) is 15.0 Å². The van der Waals surface area contributed by atoms with E-state index in [1.807, 2.05) is 31.2 Å². The summed E-state index contributed by atoms with van der Waals surface area (Å²) in [6, 6.07) is 14.1. The van der Waals surface area contributed by atoms with Crippen LogP contribution in [0.4, 0.5) is 0 Å². The molecule has 114 valence electrons. The molecular formula is C15H16N4O2S. The van der Waals surface area contributed by atoms with Gasteiger partial charge in [-0.2, -0.15) is 4.72 Å². The summed E-state index contributed by atoms with van der Waals surface area (Å²) in [6.07, 6.45) is -0.543. The Morgan fingerprint density at radius 1 is 1.09 bits per heavy atom. The van der Waals surface area contributed by atoms with Gasteiger partial charge in [0, 0.05) is 0 Å². The molecule has 3 rings (SSSR count). The maximum absolute atomic E-state index is 12.4. The minimum atomic E-state index is -3.61. The number of nitrogens with zero attached hydrogens (tertiary/aromatic N) is 3. The minimum Gasteiger partial charge on any atom is -0.227 e. The summed E-state index contributed by atoms with van der Waals surface area (Å²) in [5, 5.41) is 8.06. The molecule has 1 atom stereocenters. The van der Waals surface area contributed by atoms with Gasteiger partial charge in [-0.15, -0.1) is 5.10 Å². The zero-order chi connectivity index (χ0) is 15.7. The van der Waals surface area contributed by atoms with Crippen molar-refractivity contribution < 1.29 is 8.42 Å². The van der Waals surface area contributed by atoms with Crippen LogP contribution in [0.15, 0.2) is 53.4 Å². The number of hydrogen-bond acceptors (Lipinski definition) is 4. The lowest BCUT2D eigenvalue weighted by Crippen LogP contribution is -2.31. The van der Waals surface area contributed by atoms with Gasteiger partial charge >= 0.3 is 0 Å². The quantitative estimate of drug-likeness (QED) is 0.801. The van der Waals surface area contributed by atoms with Crippen LogP contribution in [0, 0.1) is 6.92 Å². The molecule has 22 heavy (non-hydrogen) atoms. The van der Waals surface area contributed by atoms with E-state index in [9.17, 15) is 8.42 Å². The summed E-state index contributed by atoms with van der Waals surface area (Å²) in [6.45, 7) is 3.64. The normalized spacial score (nSPS) is 13.4. The zero-order valence-electron chi connectivity index (χ0n) is 12.3. The Balaban J connectivity index is 1.90. The number of hydrogen-bond donors (Lipinski definition) is 1. The fourth-order valence-corrected chi connectivity index (χ4v) is 3.41. The number of aryl methyl sites for hydroxylation is 1. The van der Waals surface area contributed by atoms with Crippen LogP contribution in [0.3, 0.4) is 0 Å². The van der Waals surface area contributed by atoms with Crippen LogP contribution < -0.4 is 4.72 Å². The number of aromatic nitrogens is 3. The van der Waals surface area contributed by atoms with Crippen LogP contribution in [0.1, 0.15) is 18.7 Å². The van der Waals surface area contributed by atoms with Crippen molar-refractivity contribution in [2.24, 2.45) is 0 Å². The predicted molar refractivity (Wildman–Crippen MR) is 83.7 cm³/mol. The van der Waals surface area contributed by atoms with Crippen molar-refractivity contribution in [1.29, 1.82) is 0 Å². The summed E-state index contributed by atoms with van der Waals surface area (Å²) in [4.78, 5) is 0.231. The summed E-state index contributed by atoms with van der Waals surface area (Å²) in [5.41, 5.74) is 2.51. The van der Waals surface area contributed by atoms with Gasteiger partial charge in [0.15, 0.2) is 0 Å². The lowest BCUT2D eigenvalue weighted by atomic mass is 10.2. The fraction of sp³-hybridized carbons (Fsp3) is 0.200. The van der Waals surface area contributed by atoms with Gasteiger partial charge in [0.05, 0.1) is 10.4 Å². The lowest BCUT2D eigenvalue weighted by molar-refractivity contribution is 0.456. The first-order valence-electron chi connectivity index (χ1n) is 6.86. The average molecular weight is 316 g/mol. The highest BCUT2D eigenvalue weighted by Gasteiger charge is 2.20. The Morgan fingerprint density at radius 2 is 1.77 bits per heavy atom. The van der Waals surface area contributed by atoms with Crippen LogP contribution >= 0.6 is 0 Å². The van der Waals surface area contributed by atoms with Crippen molar-refractivity contribution in [3.8, 4) is 0 Å². The van der Waals surface area contributed by atoms with Crippen LogP contribution in [0.5, 0.6) is 0 Å². The van der Waals surface area contributed by atoms with Crippen molar-refractivity contribution in [1.82, 2.24) is 19.7 Å². The molecule has 0 aliphatic rings. The van der Waals surface area contributed by atoms with E-state index in [4.69, 9.17) is 0 Å². The van der Waals surface area contributed by atoms with Gasteiger partial charge in [0.1, 0.15) is 11.7 Å². The van der Waals surface area contributed by atoms with Gasteiger partial charge in [-0.1, -0.05) is 35.0 Å². The molecule has 0 amide bonds. The second-order valence-corrected chi connectivity index (χ2v) is 6.85. The molecule has 1 heterocycles. The molecule has 2 aromatic carbocycles. The summed E-state index contributed by atoms with van der Waals surface area (Å²) in [5.74, 6) is 0. The van der Waals surface area contributed by atoms with E-state index >= 15 is 0 Å². The number of fused-ring (bicyclic) bond motifs is 1. The van der Waals surface area contributed by atoms with Crippen LogP contribution in [-0.4, -0.2) is 23.4 Å². The Kier molecular flexibility index (Phi) is 3.67. The van der Waals surface area contributed by atoms with E-state index in [1.54, 1.807) is 35.9 Å². The third-order valence-electron chi connectivity index (χ3n) is 3.40. The first kappa shape index (κ1) is 14.7. The van der Waals surface area contributed by atoms with E-state index in [0.29, 0.717) is 0 Å². The Bertz CT molecular complexity index is 901. The van der Waals surface area contributed by atoms with E-state index in [-0.39, 0.29) is 4.90 Å². The molecule has 0 radical (unpaired) electrons. The van der Waals surface area contributed by atoms with Crippen molar-refractivity contribution in [2.45, 2.75) is 24.9 Å². The molecule has 1 aromatic heterocycles. The van der Waals surface area contributed by atoms with Crippen LogP contribution in [0.25, 0.3) is 11.0 Å². The van der Waals surface area contributed by atoms with E-state index in [0.717, 1.165) is 16.6 Å².